The molecule has 2 aromatic rings. The van der Waals surface area contributed by atoms with Crippen LogP contribution in [0.15, 0.2) is 33.6 Å². The van der Waals surface area contributed by atoms with Crippen molar-refractivity contribution in [2.45, 2.75) is 6.54 Å². The maximum Gasteiger partial charge on any atom is 0.253 e. The summed E-state index contributed by atoms with van der Waals surface area (Å²) in [6.07, 6.45) is 0. The predicted octanol–water partition coefficient (Wildman–Crippen LogP) is 3.49. The van der Waals surface area contributed by atoms with Gasteiger partial charge in [-0.3, -0.25) is 4.79 Å². The third kappa shape index (κ3) is 3.06. The molecule has 0 aliphatic heterocycles. The largest absolute Gasteiger partial charge is 0.346 e. The van der Waals surface area contributed by atoms with Gasteiger partial charge in [-0.05, 0) is 28.1 Å². The number of aromatic nitrogens is 1. The van der Waals surface area contributed by atoms with Gasteiger partial charge in [0.25, 0.3) is 5.91 Å². The molecule has 1 N–H and O–H groups in total. The monoisotopic (exact) mass is 330 g/mol. The Hall–Kier alpha value is -0.910. The fourth-order valence-corrected chi connectivity index (χ4v) is 2.41. The van der Waals surface area contributed by atoms with Crippen LogP contribution in [0.4, 0.5) is 0 Å². The van der Waals surface area contributed by atoms with Crippen LogP contribution in [0.1, 0.15) is 16.1 Å². The molecule has 0 aliphatic carbocycles. The van der Waals surface area contributed by atoms with Gasteiger partial charge in [-0.25, -0.2) is 4.98 Å². The Labute approximate surface area is 116 Å². The van der Waals surface area contributed by atoms with Crippen molar-refractivity contribution in [1.82, 2.24) is 10.3 Å². The number of benzene rings is 1. The van der Waals surface area contributed by atoms with Crippen molar-refractivity contribution in [3.63, 3.8) is 0 Å². The van der Waals surface area contributed by atoms with Gasteiger partial charge >= 0.3 is 0 Å². The zero-order valence-electron chi connectivity index (χ0n) is 8.61. The number of nitrogens with one attached hydrogen (secondary N) is 1. The highest BCUT2D eigenvalue weighted by molar-refractivity contribution is 9.10. The molecular weight excluding hydrogens is 324 g/mol. The molecule has 2 rings (SSSR count). The number of thiazole rings is 1. The fraction of sp³-hybridized carbons (Fsp3) is 0.0909. The van der Waals surface area contributed by atoms with Gasteiger partial charge in [-0.1, -0.05) is 17.7 Å². The second-order valence-electron chi connectivity index (χ2n) is 3.26. The smallest absolute Gasteiger partial charge is 0.253 e. The van der Waals surface area contributed by atoms with Gasteiger partial charge in [0.15, 0.2) is 0 Å². The number of carbonyl (C=O) groups excluding carboxylic acids is 1. The maximum absolute atomic E-state index is 11.9. The minimum absolute atomic E-state index is 0.204. The van der Waals surface area contributed by atoms with Crippen LogP contribution in [-0.2, 0) is 6.54 Å². The summed E-state index contributed by atoms with van der Waals surface area (Å²) in [6, 6.07) is 5.25. The van der Waals surface area contributed by atoms with E-state index in [1.165, 1.54) is 11.3 Å². The quantitative estimate of drug-likeness (QED) is 0.935. The van der Waals surface area contributed by atoms with E-state index in [1.807, 2.05) is 5.38 Å². The Balaban J connectivity index is 2.07. The second-order valence-corrected chi connectivity index (χ2v) is 5.21. The molecule has 0 atom stereocenters. The molecule has 1 aromatic heterocycles. The van der Waals surface area contributed by atoms with Gasteiger partial charge in [0.1, 0.15) is 0 Å². The zero-order chi connectivity index (χ0) is 12.3. The highest BCUT2D eigenvalue weighted by atomic mass is 79.9. The lowest BCUT2D eigenvalue weighted by Crippen LogP contribution is -2.23. The lowest BCUT2D eigenvalue weighted by Gasteiger charge is -2.06. The first-order valence-electron chi connectivity index (χ1n) is 4.78. The minimum Gasteiger partial charge on any atom is -0.346 e. The molecule has 0 saturated heterocycles. The molecule has 3 nitrogen and oxygen atoms in total. The van der Waals surface area contributed by atoms with E-state index in [-0.39, 0.29) is 5.91 Å². The molecule has 6 heteroatoms. The SMILES string of the molecule is O=C(NCc1cscn1)c1cccc(Br)c1Cl. The molecule has 88 valence electrons. The molecule has 0 unspecified atom stereocenters. The number of amides is 1. The van der Waals surface area contributed by atoms with E-state index in [4.69, 9.17) is 11.6 Å². The predicted molar refractivity (Wildman–Crippen MR) is 72.4 cm³/mol. The normalized spacial score (nSPS) is 10.2. The van der Waals surface area contributed by atoms with Crippen LogP contribution in [-0.4, -0.2) is 10.9 Å². The minimum atomic E-state index is -0.204. The molecule has 0 radical (unpaired) electrons. The number of rotatable bonds is 3. The van der Waals surface area contributed by atoms with E-state index in [0.29, 0.717) is 21.6 Å². The van der Waals surface area contributed by atoms with E-state index in [9.17, 15) is 4.79 Å². The molecular formula is C11H8BrClN2OS. The number of carbonyl (C=O) groups is 1. The maximum atomic E-state index is 11.9. The summed E-state index contributed by atoms with van der Waals surface area (Å²) in [6.45, 7) is 0.408. The van der Waals surface area contributed by atoms with Crippen molar-refractivity contribution < 1.29 is 4.79 Å². The van der Waals surface area contributed by atoms with Gasteiger partial charge in [0, 0.05) is 9.85 Å². The van der Waals surface area contributed by atoms with Gasteiger partial charge in [0.2, 0.25) is 0 Å². The molecule has 0 spiro atoms. The summed E-state index contributed by atoms with van der Waals surface area (Å²) in [7, 11) is 0. The Bertz CT molecular complexity index is 530. The highest BCUT2D eigenvalue weighted by Crippen LogP contribution is 2.25. The van der Waals surface area contributed by atoms with Crippen LogP contribution in [0.2, 0.25) is 5.02 Å². The number of nitrogens with zero attached hydrogens (tertiary/aromatic N) is 1. The van der Waals surface area contributed by atoms with Crippen molar-refractivity contribution in [2.75, 3.05) is 0 Å². The molecule has 0 bridgehead atoms. The topological polar surface area (TPSA) is 42.0 Å². The standard InChI is InChI=1S/C11H8BrClN2OS/c12-9-3-1-2-8(10(9)13)11(16)14-4-7-5-17-6-15-7/h1-3,5-6H,4H2,(H,14,16). The van der Waals surface area contributed by atoms with Crippen molar-refractivity contribution in [2.24, 2.45) is 0 Å². The first-order valence-corrected chi connectivity index (χ1v) is 6.89. The summed E-state index contributed by atoms with van der Waals surface area (Å²) in [5.74, 6) is -0.204. The van der Waals surface area contributed by atoms with Crippen LogP contribution in [0.5, 0.6) is 0 Å². The van der Waals surface area contributed by atoms with Crippen LogP contribution in [0.25, 0.3) is 0 Å². The molecule has 0 aliphatic rings. The molecule has 0 saturated carbocycles. The lowest BCUT2D eigenvalue weighted by atomic mass is 10.2. The lowest BCUT2D eigenvalue weighted by molar-refractivity contribution is 0.0950. The number of hydrogen-bond donors (Lipinski definition) is 1. The summed E-state index contributed by atoms with van der Waals surface area (Å²) in [4.78, 5) is 16.0. The van der Waals surface area contributed by atoms with E-state index in [0.717, 1.165) is 5.69 Å². The third-order valence-corrected chi connectivity index (χ3v) is 4.04. The van der Waals surface area contributed by atoms with Gasteiger partial charge in [-0.15, -0.1) is 11.3 Å². The number of halogens is 2. The Kier molecular flexibility index (Phi) is 4.15. The average molecular weight is 332 g/mol. The first kappa shape index (κ1) is 12.5. The average Bonchev–Trinajstić information content (AvgIpc) is 2.82. The Morgan fingerprint density at radius 3 is 3.06 bits per heavy atom. The van der Waals surface area contributed by atoms with Crippen LogP contribution in [0.3, 0.4) is 0 Å². The Morgan fingerprint density at radius 1 is 1.53 bits per heavy atom. The van der Waals surface area contributed by atoms with Crippen molar-refractivity contribution >= 4 is 44.8 Å². The Morgan fingerprint density at radius 2 is 2.35 bits per heavy atom. The third-order valence-electron chi connectivity index (χ3n) is 2.11. The van der Waals surface area contributed by atoms with Crippen molar-refractivity contribution in [1.29, 1.82) is 0 Å². The second kappa shape index (κ2) is 5.62. The van der Waals surface area contributed by atoms with Gasteiger partial charge in [0.05, 0.1) is 28.3 Å². The zero-order valence-corrected chi connectivity index (χ0v) is 11.8. The molecule has 1 amide bonds. The summed E-state index contributed by atoms with van der Waals surface area (Å²) in [5, 5.41) is 5.08. The molecule has 1 aromatic carbocycles. The molecule has 0 fully saturated rings. The van der Waals surface area contributed by atoms with E-state index in [2.05, 4.69) is 26.2 Å². The van der Waals surface area contributed by atoms with E-state index >= 15 is 0 Å². The van der Waals surface area contributed by atoms with E-state index in [1.54, 1.807) is 23.7 Å². The van der Waals surface area contributed by atoms with Crippen LogP contribution in [0, 0.1) is 0 Å². The van der Waals surface area contributed by atoms with Gasteiger partial charge in [-0.2, -0.15) is 0 Å². The summed E-state index contributed by atoms with van der Waals surface area (Å²) in [5.41, 5.74) is 3.03. The van der Waals surface area contributed by atoms with Crippen molar-refractivity contribution in [3.8, 4) is 0 Å². The van der Waals surface area contributed by atoms with Crippen molar-refractivity contribution in [3.05, 3.63) is 49.8 Å². The van der Waals surface area contributed by atoms with E-state index < -0.39 is 0 Å². The molecule has 1 heterocycles. The first-order chi connectivity index (χ1) is 8.18. The summed E-state index contributed by atoms with van der Waals surface area (Å²) < 4.78 is 0.709. The highest BCUT2D eigenvalue weighted by Gasteiger charge is 2.11. The fourth-order valence-electron chi connectivity index (χ4n) is 1.27. The van der Waals surface area contributed by atoms with Gasteiger partial charge < -0.3 is 5.32 Å². The number of hydrogen-bond acceptors (Lipinski definition) is 3. The van der Waals surface area contributed by atoms with Crippen LogP contribution >= 0.6 is 38.9 Å². The molecule has 17 heavy (non-hydrogen) atoms. The summed E-state index contributed by atoms with van der Waals surface area (Å²) >= 11 is 10.8. The van der Waals surface area contributed by atoms with Crippen LogP contribution < -0.4 is 5.32 Å².